The monoisotopic (exact) mass is 251 g/mol. The van der Waals surface area contributed by atoms with Crippen molar-refractivity contribution in [2.75, 3.05) is 18.5 Å². The fourth-order valence-electron chi connectivity index (χ4n) is 1.24. The molecule has 94 valence electrons. The van der Waals surface area contributed by atoms with E-state index in [0.717, 1.165) is 6.26 Å². The molecule has 0 fully saturated rings. The highest BCUT2D eigenvalue weighted by atomic mass is 16.6. The zero-order valence-electron chi connectivity index (χ0n) is 9.12. The van der Waals surface area contributed by atoms with Crippen LogP contribution in [0.2, 0.25) is 0 Å². The van der Waals surface area contributed by atoms with Crippen molar-refractivity contribution >= 4 is 17.7 Å². The number of carbonyl (C=O) groups is 2. The maximum atomic E-state index is 11.7. The number of aromatic carboxylic acids is 1. The van der Waals surface area contributed by atoms with E-state index in [1.165, 1.54) is 12.4 Å². The van der Waals surface area contributed by atoms with Gasteiger partial charge in [0.05, 0.1) is 0 Å². The summed E-state index contributed by atoms with van der Waals surface area (Å²) in [5.41, 5.74) is -0.344. The van der Waals surface area contributed by atoms with Gasteiger partial charge in [0.1, 0.15) is 19.5 Å². The van der Waals surface area contributed by atoms with Crippen LogP contribution in [0.1, 0.15) is 10.5 Å². The topological polar surface area (TPSA) is 111 Å². The highest BCUT2D eigenvalue weighted by molar-refractivity contribution is 6.04. The lowest BCUT2D eigenvalue weighted by molar-refractivity contribution is -0.117. The van der Waals surface area contributed by atoms with Crippen LogP contribution in [-0.4, -0.2) is 40.2 Å². The van der Waals surface area contributed by atoms with Crippen LogP contribution in [0.15, 0.2) is 24.4 Å². The molecule has 0 saturated heterocycles. The Kier molecular flexibility index (Phi) is 3.37. The molecular formula is C10H9N3O5. The lowest BCUT2D eigenvalue weighted by atomic mass is 10.4. The summed E-state index contributed by atoms with van der Waals surface area (Å²) in [6, 6.07) is 0. The second-order valence-electron chi connectivity index (χ2n) is 3.21. The fourth-order valence-corrected chi connectivity index (χ4v) is 1.24. The Hall–Kier alpha value is -2.64. The van der Waals surface area contributed by atoms with Crippen molar-refractivity contribution in [3.63, 3.8) is 0 Å². The maximum absolute atomic E-state index is 11.7. The molecule has 2 N–H and O–H groups in total. The fraction of sp³-hybridized carbons (Fsp3) is 0.200. The first-order valence-electron chi connectivity index (χ1n) is 4.98. The molecule has 1 aliphatic heterocycles. The molecule has 0 aliphatic carbocycles. The third-order valence-corrected chi connectivity index (χ3v) is 2.01. The first-order valence-corrected chi connectivity index (χ1v) is 4.98. The predicted molar refractivity (Wildman–Crippen MR) is 57.6 cm³/mol. The van der Waals surface area contributed by atoms with E-state index < -0.39 is 11.9 Å². The Balaban J connectivity index is 2.16. The predicted octanol–water partition coefficient (Wildman–Crippen LogP) is 0.00150. The Bertz CT molecular complexity index is 514. The van der Waals surface area contributed by atoms with Crippen LogP contribution in [0.5, 0.6) is 0 Å². The number of amides is 1. The molecular weight excluding hydrogens is 242 g/mol. The van der Waals surface area contributed by atoms with E-state index in [0.29, 0.717) is 6.61 Å². The molecule has 0 atom stereocenters. The van der Waals surface area contributed by atoms with E-state index in [4.69, 9.17) is 14.6 Å². The van der Waals surface area contributed by atoms with Gasteiger partial charge in [-0.1, -0.05) is 0 Å². The van der Waals surface area contributed by atoms with Crippen LogP contribution >= 0.6 is 0 Å². The molecule has 2 heterocycles. The zero-order chi connectivity index (χ0) is 13.0. The normalized spacial score (nSPS) is 13.9. The molecule has 0 saturated carbocycles. The average molecular weight is 251 g/mol. The van der Waals surface area contributed by atoms with Crippen LogP contribution in [0, 0.1) is 0 Å². The maximum Gasteiger partial charge on any atom is 0.358 e. The number of hydrogen-bond acceptors (Lipinski definition) is 6. The molecule has 0 unspecified atom stereocenters. The number of carboxylic acid groups (broad SMARTS) is 1. The van der Waals surface area contributed by atoms with Gasteiger partial charge in [-0.3, -0.25) is 4.79 Å². The van der Waals surface area contributed by atoms with Crippen molar-refractivity contribution in [2.24, 2.45) is 0 Å². The number of rotatable bonds is 3. The second-order valence-corrected chi connectivity index (χ2v) is 3.21. The number of nitrogens with zero attached hydrogens (tertiary/aromatic N) is 2. The number of ether oxygens (including phenoxy) is 2. The highest BCUT2D eigenvalue weighted by Gasteiger charge is 2.19. The summed E-state index contributed by atoms with van der Waals surface area (Å²) in [6.45, 7) is 0.619. The second kappa shape index (κ2) is 5.13. The minimum atomic E-state index is -1.28. The average Bonchev–Trinajstić information content (AvgIpc) is 2.40. The van der Waals surface area contributed by atoms with Crippen LogP contribution in [0.4, 0.5) is 5.82 Å². The van der Waals surface area contributed by atoms with Gasteiger partial charge in [0.15, 0.2) is 11.5 Å². The molecule has 2 rings (SSSR count). The number of carbonyl (C=O) groups excluding carboxylic acids is 1. The van der Waals surface area contributed by atoms with Gasteiger partial charge in [-0.15, -0.1) is 0 Å². The Morgan fingerprint density at radius 1 is 1.28 bits per heavy atom. The van der Waals surface area contributed by atoms with Gasteiger partial charge in [-0.05, 0) is 0 Å². The highest BCUT2D eigenvalue weighted by Crippen LogP contribution is 2.11. The molecule has 1 aromatic heterocycles. The molecule has 1 aliphatic rings. The van der Waals surface area contributed by atoms with Crippen LogP contribution in [0.3, 0.4) is 0 Å². The van der Waals surface area contributed by atoms with Gasteiger partial charge in [-0.25, -0.2) is 14.8 Å². The zero-order valence-corrected chi connectivity index (χ0v) is 9.12. The quantitative estimate of drug-likeness (QED) is 0.777. The third-order valence-electron chi connectivity index (χ3n) is 2.01. The number of anilines is 1. The summed E-state index contributed by atoms with van der Waals surface area (Å²) in [7, 11) is 0. The first kappa shape index (κ1) is 11.8. The summed E-state index contributed by atoms with van der Waals surface area (Å²) in [5, 5.41) is 11.2. The van der Waals surface area contributed by atoms with Crippen LogP contribution in [0.25, 0.3) is 0 Å². The number of carboxylic acids is 1. The van der Waals surface area contributed by atoms with Gasteiger partial charge in [0.2, 0.25) is 5.76 Å². The van der Waals surface area contributed by atoms with Gasteiger partial charge in [0.25, 0.3) is 5.91 Å². The van der Waals surface area contributed by atoms with E-state index in [-0.39, 0.29) is 23.9 Å². The smallest absolute Gasteiger partial charge is 0.358 e. The Labute approximate surface area is 101 Å². The van der Waals surface area contributed by atoms with E-state index >= 15 is 0 Å². The molecule has 1 aromatic rings. The molecule has 0 spiro atoms. The van der Waals surface area contributed by atoms with Crippen LogP contribution < -0.4 is 5.32 Å². The SMILES string of the molecule is O=C(Nc1nccnc1C(=O)O)C1=COCCO1. The van der Waals surface area contributed by atoms with E-state index in [1.807, 2.05) is 0 Å². The van der Waals surface area contributed by atoms with Crippen molar-refractivity contribution in [1.29, 1.82) is 0 Å². The largest absolute Gasteiger partial charge is 0.494 e. The van der Waals surface area contributed by atoms with Crippen molar-refractivity contribution in [3.05, 3.63) is 30.1 Å². The molecule has 8 nitrogen and oxygen atoms in total. The minimum Gasteiger partial charge on any atom is -0.494 e. The molecule has 18 heavy (non-hydrogen) atoms. The summed E-state index contributed by atoms with van der Waals surface area (Å²) in [5.74, 6) is -2.11. The van der Waals surface area contributed by atoms with Crippen molar-refractivity contribution in [2.45, 2.75) is 0 Å². The van der Waals surface area contributed by atoms with E-state index in [9.17, 15) is 9.59 Å². The number of nitrogens with one attached hydrogen (secondary N) is 1. The summed E-state index contributed by atoms with van der Waals surface area (Å²) >= 11 is 0. The van der Waals surface area contributed by atoms with Gasteiger partial charge < -0.3 is 19.9 Å². The number of hydrogen-bond donors (Lipinski definition) is 2. The Morgan fingerprint density at radius 2 is 2.06 bits per heavy atom. The third kappa shape index (κ3) is 2.54. The molecule has 8 heteroatoms. The van der Waals surface area contributed by atoms with E-state index in [1.54, 1.807) is 0 Å². The van der Waals surface area contributed by atoms with Crippen molar-refractivity contribution in [3.8, 4) is 0 Å². The molecule has 0 aromatic carbocycles. The van der Waals surface area contributed by atoms with Crippen molar-refractivity contribution < 1.29 is 24.2 Å². The van der Waals surface area contributed by atoms with Gasteiger partial charge in [-0.2, -0.15) is 0 Å². The van der Waals surface area contributed by atoms with E-state index in [2.05, 4.69) is 15.3 Å². The lowest BCUT2D eigenvalue weighted by Gasteiger charge is -2.14. The number of aromatic nitrogens is 2. The lowest BCUT2D eigenvalue weighted by Crippen LogP contribution is -2.23. The first-order chi connectivity index (χ1) is 8.68. The summed E-state index contributed by atoms with van der Waals surface area (Å²) in [4.78, 5) is 29.9. The molecule has 0 radical (unpaired) electrons. The minimum absolute atomic E-state index is 0.0387. The summed E-state index contributed by atoms with van der Waals surface area (Å²) in [6.07, 6.45) is 3.66. The van der Waals surface area contributed by atoms with Crippen molar-refractivity contribution in [1.82, 2.24) is 9.97 Å². The molecule has 1 amide bonds. The molecule has 0 bridgehead atoms. The van der Waals surface area contributed by atoms with Gasteiger partial charge >= 0.3 is 5.97 Å². The van der Waals surface area contributed by atoms with Crippen LogP contribution in [-0.2, 0) is 14.3 Å². The standard InChI is InChI=1S/C10H9N3O5/c14-9(6-5-17-3-4-18-6)13-8-7(10(15)16)11-1-2-12-8/h1-2,5H,3-4H2,(H,15,16)(H,12,13,14). The summed E-state index contributed by atoms with van der Waals surface area (Å²) < 4.78 is 9.96. The Morgan fingerprint density at radius 3 is 2.72 bits per heavy atom. The van der Waals surface area contributed by atoms with Gasteiger partial charge in [0, 0.05) is 12.4 Å².